The van der Waals surface area contributed by atoms with E-state index in [0.29, 0.717) is 17.4 Å². The van der Waals surface area contributed by atoms with Crippen LogP contribution in [0.1, 0.15) is 81.1 Å². The molecule has 0 spiro atoms. The standard InChI is InChI=1S/C22H31NO/c1-14(2)19-4-6-20(7-5-19)21(24)23-15(3)22-11-16-8-17(12-22)10-18(9-16)13-22/h4-7,14-18H,8-13H2,1-3H3,(H,23,24). The molecule has 5 rings (SSSR count). The molecule has 0 aromatic heterocycles. The van der Waals surface area contributed by atoms with Gasteiger partial charge in [0.2, 0.25) is 0 Å². The van der Waals surface area contributed by atoms with Gasteiger partial charge in [0.15, 0.2) is 0 Å². The molecule has 1 unspecified atom stereocenters. The van der Waals surface area contributed by atoms with Crippen molar-refractivity contribution in [1.82, 2.24) is 5.32 Å². The zero-order chi connectivity index (χ0) is 16.9. The average Bonchev–Trinajstić information content (AvgIpc) is 2.53. The fourth-order valence-corrected chi connectivity index (χ4v) is 6.16. The SMILES string of the molecule is CC(C)c1ccc(C(=O)NC(C)C23CC4CC(CC(C4)C2)C3)cc1. The first-order valence-corrected chi connectivity index (χ1v) is 9.86. The van der Waals surface area contributed by atoms with Crippen LogP contribution in [0.15, 0.2) is 24.3 Å². The normalized spacial score (nSPS) is 35.2. The van der Waals surface area contributed by atoms with Gasteiger partial charge in [0.05, 0.1) is 0 Å². The topological polar surface area (TPSA) is 29.1 Å². The van der Waals surface area contributed by atoms with E-state index >= 15 is 0 Å². The van der Waals surface area contributed by atoms with Gasteiger partial charge in [-0.3, -0.25) is 4.79 Å². The van der Waals surface area contributed by atoms with E-state index in [1.165, 1.54) is 44.1 Å². The zero-order valence-corrected chi connectivity index (χ0v) is 15.3. The van der Waals surface area contributed by atoms with Crippen LogP contribution in [0.5, 0.6) is 0 Å². The number of rotatable bonds is 4. The number of nitrogens with one attached hydrogen (secondary N) is 1. The second kappa shape index (κ2) is 5.89. The Kier molecular flexibility index (Phi) is 3.97. The predicted molar refractivity (Wildman–Crippen MR) is 98.1 cm³/mol. The summed E-state index contributed by atoms with van der Waals surface area (Å²) < 4.78 is 0. The van der Waals surface area contributed by atoms with Crippen LogP contribution in [0, 0.1) is 23.2 Å². The molecule has 1 aromatic rings. The maximum atomic E-state index is 12.7. The molecule has 4 bridgehead atoms. The lowest BCUT2D eigenvalue weighted by atomic mass is 9.48. The van der Waals surface area contributed by atoms with Crippen molar-refractivity contribution in [3.8, 4) is 0 Å². The largest absolute Gasteiger partial charge is 0.349 e. The fourth-order valence-electron chi connectivity index (χ4n) is 6.16. The summed E-state index contributed by atoms with van der Waals surface area (Å²) in [4.78, 5) is 12.7. The number of amides is 1. The summed E-state index contributed by atoms with van der Waals surface area (Å²) in [6.45, 7) is 6.63. The van der Waals surface area contributed by atoms with Crippen LogP contribution < -0.4 is 5.32 Å². The Morgan fingerprint density at radius 2 is 1.46 bits per heavy atom. The molecule has 0 radical (unpaired) electrons. The van der Waals surface area contributed by atoms with Crippen LogP contribution in [-0.2, 0) is 0 Å². The monoisotopic (exact) mass is 325 g/mol. The van der Waals surface area contributed by atoms with Crippen molar-refractivity contribution >= 4 is 5.91 Å². The number of benzene rings is 1. The number of hydrogen-bond donors (Lipinski definition) is 1. The molecule has 4 fully saturated rings. The third kappa shape index (κ3) is 2.78. The molecule has 2 heteroatoms. The van der Waals surface area contributed by atoms with Gasteiger partial charge in [-0.05, 0) is 92.2 Å². The predicted octanol–water partition coefficient (Wildman–Crippen LogP) is 5.14. The van der Waals surface area contributed by atoms with Crippen LogP contribution in [0.2, 0.25) is 0 Å². The van der Waals surface area contributed by atoms with Crippen molar-refractivity contribution in [2.24, 2.45) is 23.2 Å². The lowest BCUT2D eigenvalue weighted by Gasteiger charge is -2.59. The van der Waals surface area contributed by atoms with Crippen molar-refractivity contribution in [3.05, 3.63) is 35.4 Å². The minimum Gasteiger partial charge on any atom is -0.349 e. The van der Waals surface area contributed by atoms with E-state index in [0.717, 1.165) is 23.3 Å². The highest BCUT2D eigenvalue weighted by molar-refractivity contribution is 5.94. The Labute approximate surface area is 146 Å². The van der Waals surface area contributed by atoms with Gasteiger partial charge in [0, 0.05) is 11.6 Å². The number of carbonyl (C=O) groups is 1. The van der Waals surface area contributed by atoms with Crippen LogP contribution in [0.4, 0.5) is 0 Å². The van der Waals surface area contributed by atoms with E-state index in [1.54, 1.807) is 0 Å². The van der Waals surface area contributed by atoms with Gasteiger partial charge in [-0.2, -0.15) is 0 Å². The maximum absolute atomic E-state index is 12.7. The summed E-state index contributed by atoms with van der Waals surface area (Å²) in [7, 11) is 0. The lowest BCUT2D eigenvalue weighted by molar-refractivity contribution is -0.0688. The average molecular weight is 325 g/mol. The van der Waals surface area contributed by atoms with Gasteiger partial charge in [-0.15, -0.1) is 0 Å². The second-order valence-electron chi connectivity index (χ2n) is 9.25. The summed E-state index contributed by atoms with van der Waals surface area (Å²) >= 11 is 0. The maximum Gasteiger partial charge on any atom is 0.251 e. The first-order valence-electron chi connectivity index (χ1n) is 9.86. The van der Waals surface area contributed by atoms with Crippen molar-refractivity contribution < 1.29 is 4.79 Å². The molecule has 0 saturated heterocycles. The molecule has 0 heterocycles. The van der Waals surface area contributed by atoms with E-state index in [1.807, 2.05) is 12.1 Å². The highest BCUT2D eigenvalue weighted by atomic mass is 16.1. The lowest BCUT2D eigenvalue weighted by Crippen LogP contribution is -2.55. The molecule has 0 aliphatic heterocycles. The van der Waals surface area contributed by atoms with Crippen molar-refractivity contribution in [3.63, 3.8) is 0 Å². The Morgan fingerprint density at radius 1 is 0.958 bits per heavy atom. The summed E-state index contributed by atoms with van der Waals surface area (Å²) in [6.07, 6.45) is 8.38. The summed E-state index contributed by atoms with van der Waals surface area (Å²) in [5.74, 6) is 3.41. The Hall–Kier alpha value is -1.31. The molecule has 1 aromatic carbocycles. The minimum atomic E-state index is 0.105. The van der Waals surface area contributed by atoms with E-state index in [9.17, 15) is 4.79 Å². The third-order valence-electron chi connectivity index (χ3n) is 7.19. The molecule has 4 saturated carbocycles. The van der Waals surface area contributed by atoms with Gasteiger partial charge in [-0.1, -0.05) is 26.0 Å². The summed E-state index contributed by atoms with van der Waals surface area (Å²) in [5.41, 5.74) is 2.47. The highest BCUT2D eigenvalue weighted by Crippen LogP contribution is 2.61. The molecular formula is C22H31NO. The van der Waals surface area contributed by atoms with E-state index in [2.05, 4.69) is 38.2 Å². The van der Waals surface area contributed by atoms with Crippen LogP contribution >= 0.6 is 0 Å². The molecule has 1 N–H and O–H groups in total. The molecule has 2 nitrogen and oxygen atoms in total. The van der Waals surface area contributed by atoms with Crippen LogP contribution in [-0.4, -0.2) is 11.9 Å². The number of carbonyl (C=O) groups excluding carboxylic acids is 1. The summed E-state index contributed by atoms with van der Waals surface area (Å²) in [6, 6.07) is 8.45. The molecule has 130 valence electrons. The van der Waals surface area contributed by atoms with Crippen LogP contribution in [0.3, 0.4) is 0 Å². The molecule has 1 atom stereocenters. The summed E-state index contributed by atoms with van der Waals surface area (Å²) in [5, 5.41) is 3.36. The Bertz CT molecular complexity index is 580. The highest BCUT2D eigenvalue weighted by Gasteiger charge is 2.53. The van der Waals surface area contributed by atoms with Gasteiger partial charge in [0.25, 0.3) is 5.91 Å². The van der Waals surface area contributed by atoms with Gasteiger partial charge in [0.1, 0.15) is 0 Å². The smallest absolute Gasteiger partial charge is 0.251 e. The zero-order valence-electron chi connectivity index (χ0n) is 15.3. The molecule has 4 aliphatic carbocycles. The first kappa shape index (κ1) is 16.2. The van der Waals surface area contributed by atoms with E-state index < -0.39 is 0 Å². The van der Waals surface area contributed by atoms with E-state index in [-0.39, 0.29) is 5.91 Å². The van der Waals surface area contributed by atoms with Crippen molar-refractivity contribution in [2.75, 3.05) is 0 Å². The van der Waals surface area contributed by atoms with Gasteiger partial charge >= 0.3 is 0 Å². The Morgan fingerprint density at radius 3 is 1.92 bits per heavy atom. The van der Waals surface area contributed by atoms with Crippen molar-refractivity contribution in [1.29, 1.82) is 0 Å². The van der Waals surface area contributed by atoms with Crippen molar-refractivity contribution in [2.45, 2.75) is 71.3 Å². The third-order valence-corrected chi connectivity index (χ3v) is 7.19. The first-order chi connectivity index (χ1) is 11.4. The molecule has 24 heavy (non-hydrogen) atoms. The fraction of sp³-hybridized carbons (Fsp3) is 0.682. The molecule has 1 amide bonds. The number of hydrogen-bond acceptors (Lipinski definition) is 1. The Balaban J connectivity index is 1.45. The molecular weight excluding hydrogens is 294 g/mol. The van der Waals surface area contributed by atoms with Gasteiger partial charge < -0.3 is 5.32 Å². The van der Waals surface area contributed by atoms with E-state index in [4.69, 9.17) is 0 Å². The molecule has 4 aliphatic rings. The quantitative estimate of drug-likeness (QED) is 0.815. The minimum absolute atomic E-state index is 0.105. The van der Waals surface area contributed by atoms with Gasteiger partial charge in [-0.25, -0.2) is 0 Å². The van der Waals surface area contributed by atoms with Crippen LogP contribution in [0.25, 0.3) is 0 Å². The second-order valence-corrected chi connectivity index (χ2v) is 9.25.